The Hall–Kier alpha value is -3.19. The minimum Gasteiger partial charge on any atom is -0.379 e. The van der Waals surface area contributed by atoms with Gasteiger partial charge in [0, 0.05) is 35.9 Å². The molecular formula is C31H36N4O2. The van der Waals surface area contributed by atoms with Gasteiger partial charge in [-0.1, -0.05) is 30.3 Å². The molecule has 4 aromatic rings. The van der Waals surface area contributed by atoms with E-state index in [0.717, 1.165) is 79.0 Å². The van der Waals surface area contributed by atoms with Crippen LogP contribution in [0.5, 0.6) is 0 Å². The zero-order valence-corrected chi connectivity index (χ0v) is 21.6. The molecule has 2 aliphatic rings. The van der Waals surface area contributed by atoms with Gasteiger partial charge in [0.05, 0.1) is 25.2 Å². The smallest absolute Gasteiger partial charge is 0.221 e. The van der Waals surface area contributed by atoms with Gasteiger partial charge in [0.1, 0.15) is 0 Å². The lowest BCUT2D eigenvalue weighted by Crippen LogP contribution is -2.35. The highest BCUT2D eigenvalue weighted by Gasteiger charge is 2.18. The number of benzene rings is 3. The number of aryl methyl sites for hydroxylation is 1. The first-order chi connectivity index (χ1) is 18.0. The van der Waals surface area contributed by atoms with Gasteiger partial charge in [0.25, 0.3) is 0 Å². The predicted molar refractivity (Wildman–Crippen MR) is 150 cm³/mol. The molecule has 2 aliphatic heterocycles. The summed E-state index contributed by atoms with van der Waals surface area (Å²) in [5, 5.41) is 5.80. The second kappa shape index (κ2) is 10.3. The molecule has 6 heteroatoms. The van der Waals surface area contributed by atoms with E-state index in [1.54, 1.807) is 0 Å². The van der Waals surface area contributed by atoms with Gasteiger partial charge in [-0.2, -0.15) is 0 Å². The van der Waals surface area contributed by atoms with Crippen molar-refractivity contribution in [3.8, 4) is 11.1 Å². The quantitative estimate of drug-likeness (QED) is 0.364. The number of morpholine rings is 1. The molecule has 6 nitrogen and oxygen atoms in total. The van der Waals surface area contributed by atoms with Gasteiger partial charge in [-0.25, -0.2) is 0 Å². The number of primary amides is 1. The number of ether oxygens (including phenoxy) is 1. The largest absolute Gasteiger partial charge is 0.379 e. The molecule has 2 fully saturated rings. The number of aromatic amines is 1. The van der Waals surface area contributed by atoms with Crippen molar-refractivity contribution in [3.05, 3.63) is 70.8 Å². The molecule has 3 heterocycles. The van der Waals surface area contributed by atoms with Crippen molar-refractivity contribution >= 4 is 27.7 Å². The van der Waals surface area contributed by atoms with Crippen molar-refractivity contribution < 1.29 is 9.53 Å². The maximum Gasteiger partial charge on any atom is 0.221 e. The molecule has 1 amide bonds. The number of carbonyl (C=O) groups is 1. The van der Waals surface area contributed by atoms with Crippen LogP contribution in [0.2, 0.25) is 0 Å². The van der Waals surface area contributed by atoms with E-state index in [4.69, 9.17) is 10.5 Å². The Bertz CT molecular complexity index is 1440. The van der Waals surface area contributed by atoms with Crippen molar-refractivity contribution in [2.45, 2.75) is 38.6 Å². The number of nitrogens with zero attached hydrogens (tertiary/aromatic N) is 1. The highest BCUT2D eigenvalue weighted by atomic mass is 16.5. The fraction of sp³-hybridized carbons (Fsp3) is 0.387. The molecular weight excluding hydrogens is 460 g/mol. The van der Waals surface area contributed by atoms with Gasteiger partial charge < -0.3 is 20.8 Å². The van der Waals surface area contributed by atoms with Gasteiger partial charge in [-0.05, 0) is 90.4 Å². The van der Waals surface area contributed by atoms with E-state index in [0.29, 0.717) is 5.92 Å². The lowest BCUT2D eigenvalue weighted by molar-refractivity contribution is -0.117. The number of nitrogens with two attached hydrogens (primary N) is 1. The third-order valence-electron chi connectivity index (χ3n) is 8.16. The summed E-state index contributed by atoms with van der Waals surface area (Å²) in [4.78, 5) is 18.1. The van der Waals surface area contributed by atoms with Gasteiger partial charge >= 0.3 is 0 Å². The fourth-order valence-corrected chi connectivity index (χ4v) is 6.05. The molecule has 0 bridgehead atoms. The lowest BCUT2D eigenvalue weighted by atomic mass is 9.89. The van der Waals surface area contributed by atoms with E-state index in [1.807, 2.05) is 0 Å². The second-order valence-corrected chi connectivity index (χ2v) is 10.7. The molecule has 192 valence electrons. The molecule has 6 rings (SSSR count). The Morgan fingerprint density at radius 1 is 0.973 bits per heavy atom. The minimum absolute atomic E-state index is 0.215. The van der Waals surface area contributed by atoms with E-state index in [9.17, 15) is 4.79 Å². The standard InChI is InChI=1S/C31H36N4O2/c1-20-14-22(2-3-24(20)19-35-10-12-37-13-11-35)25-15-26(18-30(32)36)31-28(16-25)27-5-4-23(17-29(27)34-31)21-6-8-33-9-7-21/h2-5,14-17,21,33-34H,6-13,18-19H2,1H3,(H2,32,36). The third kappa shape index (κ3) is 5.01. The van der Waals surface area contributed by atoms with Crippen LogP contribution in [-0.2, 0) is 22.5 Å². The summed E-state index contributed by atoms with van der Waals surface area (Å²) < 4.78 is 5.50. The van der Waals surface area contributed by atoms with E-state index in [-0.39, 0.29) is 12.3 Å². The number of hydrogen-bond donors (Lipinski definition) is 3. The number of piperidine rings is 1. The Balaban J connectivity index is 1.39. The number of aromatic nitrogens is 1. The third-order valence-corrected chi connectivity index (χ3v) is 8.16. The van der Waals surface area contributed by atoms with Crippen LogP contribution in [0.25, 0.3) is 32.9 Å². The highest BCUT2D eigenvalue weighted by molar-refractivity contribution is 6.10. The first-order valence-electron chi connectivity index (χ1n) is 13.5. The molecule has 0 aliphatic carbocycles. The second-order valence-electron chi connectivity index (χ2n) is 10.7. The summed E-state index contributed by atoms with van der Waals surface area (Å²) in [6.45, 7) is 8.87. The van der Waals surface area contributed by atoms with E-state index >= 15 is 0 Å². The average Bonchev–Trinajstić information content (AvgIpc) is 3.29. The molecule has 0 radical (unpaired) electrons. The molecule has 0 unspecified atom stereocenters. The molecule has 1 aromatic heterocycles. The fourth-order valence-electron chi connectivity index (χ4n) is 6.05. The van der Waals surface area contributed by atoms with Crippen molar-refractivity contribution in [2.75, 3.05) is 39.4 Å². The summed E-state index contributed by atoms with van der Waals surface area (Å²) in [5.41, 5.74) is 15.1. The van der Waals surface area contributed by atoms with Crippen LogP contribution in [0.15, 0.2) is 48.5 Å². The number of amides is 1. The van der Waals surface area contributed by atoms with Crippen LogP contribution in [-0.4, -0.2) is 55.2 Å². The molecule has 2 saturated heterocycles. The van der Waals surface area contributed by atoms with Crippen LogP contribution < -0.4 is 11.1 Å². The Labute approximate surface area is 218 Å². The maximum atomic E-state index is 12.0. The average molecular weight is 497 g/mol. The summed E-state index contributed by atoms with van der Waals surface area (Å²) >= 11 is 0. The highest BCUT2D eigenvalue weighted by Crippen LogP contribution is 2.36. The first-order valence-corrected chi connectivity index (χ1v) is 13.5. The monoisotopic (exact) mass is 496 g/mol. The van der Waals surface area contributed by atoms with Gasteiger partial charge in [-0.3, -0.25) is 9.69 Å². The van der Waals surface area contributed by atoms with Crippen molar-refractivity contribution in [1.29, 1.82) is 0 Å². The summed E-state index contributed by atoms with van der Waals surface area (Å²) in [6, 6.07) is 18.0. The van der Waals surface area contributed by atoms with Crippen LogP contribution in [0.1, 0.15) is 41.0 Å². The van der Waals surface area contributed by atoms with Crippen molar-refractivity contribution in [3.63, 3.8) is 0 Å². The molecule has 4 N–H and O–H groups in total. The Kier molecular flexibility index (Phi) is 6.72. The van der Waals surface area contributed by atoms with Gasteiger partial charge in [0.2, 0.25) is 5.91 Å². The molecule has 0 spiro atoms. The topological polar surface area (TPSA) is 83.4 Å². The van der Waals surface area contributed by atoms with Crippen LogP contribution in [0, 0.1) is 6.92 Å². The van der Waals surface area contributed by atoms with E-state index in [2.05, 4.69) is 70.7 Å². The number of rotatable bonds is 6. The van der Waals surface area contributed by atoms with E-state index in [1.165, 1.54) is 34.9 Å². The predicted octanol–water partition coefficient (Wildman–Crippen LogP) is 4.62. The number of fused-ring (bicyclic) bond motifs is 3. The van der Waals surface area contributed by atoms with Gasteiger partial charge in [0.15, 0.2) is 0 Å². The van der Waals surface area contributed by atoms with Gasteiger partial charge in [-0.15, -0.1) is 0 Å². The number of H-pyrrole nitrogens is 1. The van der Waals surface area contributed by atoms with Crippen LogP contribution >= 0.6 is 0 Å². The SMILES string of the molecule is Cc1cc(-c2cc(CC(N)=O)c3[nH]c4cc(C5CCNCC5)ccc4c3c2)ccc1CN1CCOCC1. The normalized spacial score (nSPS) is 17.5. The zero-order chi connectivity index (χ0) is 25.4. The van der Waals surface area contributed by atoms with Crippen molar-refractivity contribution in [2.24, 2.45) is 5.73 Å². The van der Waals surface area contributed by atoms with Crippen molar-refractivity contribution in [1.82, 2.24) is 15.2 Å². The van der Waals surface area contributed by atoms with Crippen LogP contribution in [0.3, 0.4) is 0 Å². The van der Waals surface area contributed by atoms with Crippen LogP contribution in [0.4, 0.5) is 0 Å². The maximum absolute atomic E-state index is 12.0. The van der Waals surface area contributed by atoms with E-state index < -0.39 is 0 Å². The summed E-state index contributed by atoms with van der Waals surface area (Å²) in [5.74, 6) is 0.279. The summed E-state index contributed by atoms with van der Waals surface area (Å²) in [7, 11) is 0. The molecule has 0 saturated carbocycles. The lowest BCUT2D eigenvalue weighted by Gasteiger charge is -2.27. The zero-order valence-electron chi connectivity index (χ0n) is 21.6. The Morgan fingerprint density at radius 2 is 1.78 bits per heavy atom. The minimum atomic E-state index is -0.315. The molecule has 0 atom stereocenters. The molecule has 37 heavy (non-hydrogen) atoms. The number of hydrogen-bond acceptors (Lipinski definition) is 4. The molecule has 3 aromatic carbocycles. The number of carbonyl (C=O) groups excluding carboxylic acids is 1. The number of nitrogens with one attached hydrogen (secondary N) is 2. The first kappa shape index (κ1) is 24.2. The summed E-state index contributed by atoms with van der Waals surface area (Å²) in [6.07, 6.45) is 2.56. The Morgan fingerprint density at radius 3 is 2.54 bits per heavy atom.